The first-order chi connectivity index (χ1) is 7.08. The van der Waals surface area contributed by atoms with Crippen molar-refractivity contribution in [3.8, 4) is 0 Å². The maximum atomic E-state index is 10.8. The monoisotopic (exact) mass is 269 g/mol. The average Bonchev–Trinajstić information content (AvgIpc) is 2.41. The van der Waals surface area contributed by atoms with Crippen LogP contribution in [0.1, 0.15) is 0 Å². The summed E-state index contributed by atoms with van der Waals surface area (Å²) in [7, 11) is 0. The quantitative estimate of drug-likeness (QED) is 0.817. The van der Waals surface area contributed by atoms with Gasteiger partial charge in [0, 0.05) is 10.7 Å². The summed E-state index contributed by atoms with van der Waals surface area (Å²) in [6.45, 7) is -0.0169. The minimum absolute atomic E-state index is 0.0169. The van der Waals surface area contributed by atoms with E-state index in [9.17, 15) is 4.79 Å². The maximum absolute atomic E-state index is 10.8. The first-order valence-electron chi connectivity index (χ1n) is 4.13. The van der Waals surface area contributed by atoms with E-state index in [1.807, 2.05) is 0 Å². The number of hydrogen-bond donors (Lipinski definition) is 2. The normalized spacial score (nSPS) is 10.7. The summed E-state index contributed by atoms with van der Waals surface area (Å²) in [5.41, 5.74) is 11.9. The molecule has 2 aromatic heterocycles. The second-order valence-electron chi connectivity index (χ2n) is 3.02. The molecule has 0 unspecified atom stereocenters. The van der Waals surface area contributed by atoms with E-state index in [1.54, 1.807) is 12.3 Å². The van der Waals surface area contributed by atoms with Gasteiger partial charge in [0.25, 0.3) is 0 Å². The lowest BCUT2D eigenvalue weighted by Gasteiger charge is -2.01. The Morgan fingerprint density at radius 1 is 1.60 bits per heavy atom. The molecule has 0 aliphatic rings. The number of imidazole rings is 1. The molecule has 78 valence electrons. The summed E-state index contributed by atoms with van der Waals surface area (Å²) in [4.78, 5) is 19.0. The molecule has 6 nitrogen and oxygen atoms in total. The molecule has 0 aliphatic carbocycles. The lowest BCUT2D eigenvalue weighted by Crippen LogP contribution is -2.20. The number of amides is 1. The van der Waals surface area contributed by atoms with Crippen molar-refractivity contribution in [3.63, 3.8) is 0 Å². The van der Waals surface area contributed by atoms with E-state index in [0.29, 0.717) is 11.2 Å². The van der Waals surface area contributed by atoms with Crippen LogP contribution in [0.2, 0.25) is 0 Å². The van der Waals surface area contributed by atoms with Crippen LogP contribution in [-0.4, -0.2) is 20.4 Å². The van der Waals surface area contributed by atoms with E-state index < -0.39 is 5.91 Å². The third kappa shape index (κ3) is 1.78. The van der Waals surface area contributed by atoms with Gasteiger partial charge in [0.15, 0.2) is 5.65 Å². The third-order valence-electron chi connectivity index (χ3n) is 1.90. The van der Waals surface area contributed by atoms with Gasteiger partial charge in [-0.15, -0.1) is 0 Å². The summed E-state index contributed by atoms with van der Waals surface area (Å²) in [6.07, 6.45) is 1.61. The number of nitrogen functional groups attached to an aromatic ring is 1. The van der Waals surface area contributed by atoms with Crippen LogP contribution < -0.4 is 11.5 Å². The van der Waals surface area contributed by atoms with Gasteiger partial charge in [-0.2, -0.15) is 0 Å². The van der Waals surface area contributed by atoms with E-state index >= 15 is 0 Å². The number of carbonyl (C=O) groups excluding carboxylic acids is 1. The summed E-state index contributed by atoms with van der Waals surface area (Å²) in [6, 6.07) is 1.77. The Kier molecular flexibility index (Phi) is 2.31. The van der Waals surface area contributed by atoms with E-state index in [4.69, 9.17) is 11.5 Å². The largest absolute Gasteiger partial charge is 0.369 e. The van der Waals surface area contributed by atoms with Gasteiger partial charge < -0.3 is 11.5 Å². The van der Waals surface area contributed by atoms with Crippen LogP contribution in [0.5, 0.6) is 0 Å². The minimum atomic E-state index is -0.481. The highest BCUT2D eigenvalue weighted by Crippen LogP contribution is 2.19. The highest BCUT2D eigenvalue weighted by Gasteiger charge is 2.11. The Hall–Kier alpha value is -1.63. The van der Waals surface area contributed by atoms with Crippen molar-refractivity contribution in [2.24, 2.45) is 5.73 Å². The van der Waals surface area contributed by atoms with Crippen molar-refractivity contribution in [3.05, 3.63) is 16.7 Å². The van der Waals surface area contributed by atoms with E-state index in [-0.39, 0.29) is 12.5 Å². The lowest BCUT2D eigenvalue weighted by molar-refractivity contribution is -0.118. The molecule has 2 heterocycles. The zero-order valence-corrected chi connectivity index (χ0v) is 9.23. The highest BCUT2D eigenvalue weighted by atomic mass is 79.9. The molecule has 2 aromatic rings. The van der Waals surface area contributed by atoms with Gasteiger partial charge in [-0.1, -0.05) is 0 Å². The fourth-order valence-electron chi connectivity index (χ4n) is 1.32. The molecule has 2 rings (SSSR count). The van der Waals surface area contributed by atoms with Crippen LogP contribution in [-0.2, 0) is 11.3 Å². The van der Waals surface area contributed by atoms with Crippen LogP contribution in [0, 0.1) is 0 Å². The molecule has 0 atom stereocenters. The van der Waals surface area contributed by atoms with Crippen molar-refractivity contribution < 1.29 is 4.79 Å². The molecular formula is C8H8BrN5O. The SMILES string of the molecule is NC(=O)Cn1c(N)nc2cc(Br)cnc21. The summed E-state index contributed by atoms with van der Waals surface area (Å²) in [5, 5.41) is 0. The fourth-order valence-corrected chi connectivity index (χ4v) is 1.63. The van der Waals surface area contributed by atoms with Crippen molar-refractivity contribution in [1.29, 1.82) is 0 Å². The Morgan fingerprint density at radius 3 is 3.00 bits per heavy atom. The van der Waals surface area contributed by atoms with Crippen molar-refractivity contribution >= 4 is 38.9 Å². The second kappa shape index (κ2) is 3.50. The second-order valence-corrected chi connectivity index (χ2v) is 3.93. The molecule has 0 radical (unpaired) electrons. The molecule has 0 bridgehead atoms. The van der Waals surface area contributed by atoms with E-state index in [2.05, 4.69) is 25.9 Å². The Balaban J connectivity index is 2.63. The van der Waals surface area contributed by atoms with Crippen molar-refractivity contribution in [2.45, 2.75) is 6.54 Å². The van der Waals surface area contributed by atoms with Crippen LogP contribution in [0.25, 0.3) is 11.2 Å². The number of hydrogen-bond acceptors (Lipinski definition) is 4. The number of primary amides is 1. The lowest BCUT2D eigenvalue weighted by atomic mass is 10.4. The maximum Gasteiger partial charge on any atom is 0.237 e. The van der Waals surface area contributed by atoms with Gasteiger partial charge in [0.2, 0.25) is 11.9 Å². The zero-order chi connectivity index (χ0) is 11.0. The first kappa shape index (κ1) is 9.91. The molecule has 1 amide bonds. The van der Waals surface area contributed by atoms with Crippen LogP contribution in [0.3, 0.4) is 0 Å². The Morgan fingerprint density at radius 2 is 2.33 bits per heavy atom. The number of anilines is 1. The van der Waals surface area contributed by atoms with Gasteiger partial charge in [-0.3, -0.25) is 9.36 Å². The smallest absolute Gasteiger partial charge is 0.237 e. The van der Waals surface area contributed by atoms with Crippen LogP contribution >= 0.6 is 15.9 Å². The number of pyridine rings is 1. The van der Waals surface area contributed by atoms with Crippen molar-refractivity contribution in [1.82, 2.24) is 14.5 Å². The van der Waals surface area contributed by atoms with Crippen LogP contribution in [0.15, 0.2) is 16.7 Å². The summed E-state index contributed by atoms with van der Waals surface area (Å²) in [5.74, 6) is -0.250. The van der Waals surface area contributed by atoms with Crippen LogP contribution in [0.4, 0.5) is 5.95 Å². The van der Waals surface area contributed by atoms with E-state index in [0.717, 1.165) is 4.47 Å². The molecule has 0 aromatic carbocycles. The number of carbonyl (C=O) groups is 1. The number of nitrogens with two attached hydrogens (primary N) is 2. The third-order valence-corrected chi connectivity index (χ3v) is 2.33. The predicted molar refractivity (Wildman–Crippen MR) is 58.8 cm³/mol. The standard InChI is InChI=1S/C8H8BrN5O/c9-4-1-5-7(12-2-4)14(3-6(10)15)8(11)13-5/h1-2H,3H2,(H2,10,15)(H2,11,13). The molecule has 0 saturated heterocycles. The van der Waals surface area contributed by atoms with Gasteiger partial charge in [-0.25, -0.2) is 9.97 Å². The minimum Gasteiger partial charge on any atom is -0.369 e. The molecule has 0 saturated carbocycles. The summed E-state index contributed by atoms with van der Waals surface area (Å²) < 4.78 is 2.28. The summed E-state index contributed by atoms with van der Waals surface area (Å²) >= 11 is 3.27. The molecule has 4 N–H and O–H groups in total. The molecule has 15 heavy (non-hydrogen) atoms. The highest BCUT2D eigenvalue weighted by molar-refractivity contribution is 9.10. The van der Waals surface area contributed by atoms with Gasteiger partial charge >= 0.3 is 0 Å². The van der Waals surface area contributed by atoms with Gasteiger partial charge in [0.05, 0.1) is 0 Å². The predicted octanol–water partition coefficient (Wildman–Crippen LogP) is 0.261. The number of fused-ring (bicyclic) bond motifs is 1. The molecule has 0 spiro atoms. The van der Waals surface area contributed by atoms with Gasteiger partial charge in [-0.05, 0) is 22.0 Å². The number of nitrogens with zero attached hydrogens (tertiary/aromatic N) is 3. The first-order valence-corrected chi connectivity index (χ1v) is 4.93. The number of rotatable bonds is 2. The Bertz CT molecular complexity index is 535. The van der Waals surface area contributed by atoms with E-state index in [1.165, 1.54) is 4.57 Å². The number of halogens is 1. The molecule has 0 fully saturated rings. The fraction of sp³-hybridized carbons (Fsp3) is 0.125. The average molecular weight is 270 g/mol. The molecular weight excluding hydrogens is 262 g/mol. The molecule has 0 aliphatic heterocycles. The topological polar surface area (TPSA) is 99.8 Å². The van der Waals surface area contributed by atoms with Gasteiger partial charge in [0.1, 0.15) is 12.1 Å². The number of aromatic nitrogens is 3. The van der Waals surface area contributed by atoms with Crippen molar-refractivity contribution in [2.75, 3.05) is 5.73 Å². The zero-order valence-electron chi connectivity index (χ0n) is 7.64. The molecule has 7 heteroatoms. The Labute approximate surface area is 93.4 Å².